The minimum absolute atomic E-state index is 0.197. The Labute approximate surface area is 111 Å². The number of benzene rings is 1. The van der Waals surface area contributed by atoms with Crippen molar-refractivity contribution in [1.82, 2.24) is 9.78 Å². The molecular formula is C14H17F2N3. The lowest BCUT2D eigenvalue weighted by Gasteiger charge is -2.13. The van der Waals surface area contributed by atoms with Crippen molar-refractivity contribution in [3.8, 4) is 0 Å². The van der Waals surface area contributed by atoms with Gasteiger partial charge in [-0.1, -0.05) is 12.1 Å². The molecule has 3 nitrogen and oxygen atoms in total. The molecule has 2 aromatic rings. The van der Waals surface area contributed by atoms with Gasteiger partial charge in [-0.15, -0.1) is 0 Å². The van der Waals surface area contributed by atoms with Crippen LogP contribution in [-0.2, 0) is 13.5 Å². The molecule has 0 radical (unpaired) electrons. The largest absolute Gasteiger partial charge is 0.324 e. The van der Waals surface area contributed by atoms with Crippen molar-refractivity contribution in [1.29, 1.82) is 0 Å². The lowest BCUT2D eigenvalue weighted by molar-refractivity contribution is 0.487. The first kappa shape index (κ1) is 13.7. The number of nitrogens with two attached hydrogens (primary N) is 1. The summed E-state index contributed by atoms with van der Waals surface area (Å²) in [7, 11) is 1.85. The van der Waals surface area contributed by atoms with Crippen LogP contribution < -0.4 is 5.73 Å². The molecule has 5 heteroatoms. The van der Waals surface area contributed by atoms with Gasteiger partial charge in [-0.2, -0.15) is 5.10 Å². The molecule has 1 unspecified atom stereocenters. The maximum atomic E-state index is 13.7. The highest BCUT2D eigenvalue weighted by molar-refractivity contribution is 5.29. The van der Waals surface area contributed by atoms with Crippen LogP contribution in [0.25, 0.3) is 0 Å². The summed E-state index contributed by atoms with van der Waals surface area (Å²) in [5, 5.41) is 4.29. The van der Waals surface area contributed by atoms with E-state index in [4.69, 9.17) is 5.73 Å². The Morgan fingerprint density at radius 2 is 2.00 bits per heavy atom. The molecule has 1 atom stereocenters. The fraction of sp³-hybridized carbons (Fsp3) is 0.357. The monoisotopic (exact) mass is 265 g/mol. The van der Waals surface area contributed by atoms with Gasteiger partial charge in [0.15, 0.2) is 11.6 Å². The Hall–Kier alpha value is -1.75. The van der Waals surface area contributed by atoms with Crippen molar-refractivity contribution in [2.24, 2.45) is 12.8 Å². The van der Waals surface area contributed by atoms with Gasteiger partial charge < -0.3 is 5.73 Å². The Morgan fingerprint density at radius 1 is 1.32 bits per heavy atom. The molecule has 2 N–H and O–H groups in total. The quantitative estimate of drug-likeness (QED) is 0.927. The van der Waals surface area contributed by atoms with E-state index in [0.717, 1.165) is 23.0 Å². The highest BCUT2D eigenvalue weighted by Crippen LogP contribution is 2.23. The van der Waals surface area contributed by atoms with Gasteiger partial charge in [-0.3, -0.25) is 4.68 Å². The van der Waals surface area contributed by atoms with Crippen LogP contribution in [0.15, 0.2) is 18.2 Å². The van der Waals surface area contributed by atoms with Gasteiger partial charge in [0.1, 0.15) is 0 Å². The molecule has 0 spiro atoms. The van der Waals surface area contributed by atoms with Crippen LogP contribution in [0, 0.1) is 25.5 Å². The molecule has 2 rings (SSSR count). The third-order valence-corrected chi connectivity index (χ3v) is 3.46. The van der Waals surface area contributed by atoms with Gasteiger partial charge in [0.05, 0.1) is 5.69 Å². The first-order chi connectivity index (χ1) is 8.91. The molecule has 0 bridgehead atoms. The van der Waals surface area contributed by atoms with Crippen LogP contribution in [0.3, 0.4) is 0 Å². The molecule has 0 saturated heterocycles. The maximum Gasteiger partial charge on any atom is 0.163 e. The zero-order valence-electron chi connectivity index (χ0n) is 11.2. The second-order valence-electron chi connectivity index (χ2n) is 4.73. The highest BCUT2D eigenvalue weighted by Gasteiger charge is 2.18. The molecule has 0 amide bonds. The minimum Gasteiger partial charge on any atom is -0.324 e. The standard InChI is InChI=1S/C14H17F2N3/c1-8-11(9(2)19(3)18-8)7-13(17)10-5-4-6-12(15)14(10)16/h4-6,13H,7,17H2,1-3H3. The normalized spacial score (nSPS) is 12.7. The average Bonchev–Trinajstić information content (AvgIpc) is 2.59. The van der Waals surface area contributed by atoms with E-state index in [9.17, 15) is 8.78 Å². The van der Waals surface area contributed by atoms with E-state index >= 15 is 0 Å². The van der Waals surface area contributed by atoms with Crippen LogP contribution in [0.5, 0.6) is 0 Å². The second-order valence-corrected chi connectivity index (χ2v) is 4.73. The van der Waals surface area contributed by atoms with E-state index in [-0.39, 0.29) is 5.56 Å². The van der Waals surface area contributed by atoms with Gasteiger partial charge in [0, 0.05) is 24.3 Å². The van der Waals surface area contributed by atoms with Crippen LogP contribution in [0.2, 0.25) is 0 Å². The summed E-state index contributed by atoms with van der Waals surface area (Å²) < 4.78 is 28.6. The van der Waals surface area contributed by atoms with Crippen LogP contribution in [0.4, 0.5) is 8.78 Å². The first-order valence-electron chi connectivity index (χ1n) is 6.10. The van der Waals surface area contributed by atoms with Crippen LogP contribution >= 0.6 is 0 Å². The zero-order chi connectivity index (χ0) is 14.2. The molecule has 1 aromatic heterocycles. The van der Waals surface area contributed by atoms with E-state index in [1.807, 2.05) is 20.9 Å². The van der Waals surface area contributed by atoms with Crippen molar-refractivity contribution in [3.63, 3.8) is 0 Å². The summed E-state index contributed by atoms with van der Waals surface area (Å²) in [6.07, 6.45) is 0.436. The Bertz CT molecular complexity index is 605. The van der Waals surface area contributed by atoms with Gasteiger partial charge in [-0.25, -0.2) is 8.78 Å². The van der Waals surface area contributed by atoms with Gasteiger partial charge in [-0.05, 0) is 31.9 Å². The molecule has 1 aromatic carbocycles. The summed E-state index contributed by atoms with van der Waals surface area (Å²) in [5.74, 6) is -1.73. The lowest BCUT2D eigenvalue weighted by atomic mass is 9.98. The third kappa shape index (κ3) is 2.51. The van der Waals surface area contributed by atoms with Gasteiger partial charge in [0.2, 0.25) is 0 Å². The molecule has 0 aliphatic carbocycles. The predicted molar refractivity (Wildman–Crippen MR) is 69.7 cm³/mol. The first-order valence-corrected chi connectivity index (χ1v) is 6.10. The number of nitrogens with zero attached hydrogens (tertiary/aromatic N) is 2. The number of hydrogen-bond acceptors (Lipinski definition) is 2. The van der Waals surface area contributed by atoms with Crippen molar-refractivity contribution in [2.45, 2.75) is 26.3 Å². The number of hydrogen-bond donors (Lipinski definition) is 1. The molecule has 102 valence electrons. The summed E-state index contributed by atoms with van der Waals surface area (Å²) in [6, 6.07) is 3.49. The second kappa shape index (κ2) is 5.09. The topological polar surface area (TPSA) is 43.8 Å². The van der Waals surface area contributed by atoms with Crippen molar-refractivity contribution < 1.29 is 8.78 Å². The smallest absolute Gasteiger partial charge is 0.163 e. The van der Waals surface area contributed by atoms with E-state index in [1.165, 1.54) is 12.1 Å². The molecule has 1 heterocycles. The Balaban J connectivity index is 2.31. The van der Waals surface area contributed by atoms with E-state index < -0.39 is 17.7 Å². The molecule has 0 saturated carbocycles. The number of rotatable bonds is 3. The van der Waals surface area contributed by atoms with E-state index in [2.05, 4.69) is 5.10 Å². The fourth-order valence-corrected chi connectivity index (χ4v) is 2.25. The van der Waals surface area contributed by atoms with Crippen molar-refractivity contribution >= 4 is 0 Å². The molecule has 0 aliphatic heterocycles. The molecule has 0 fully saturated rings. The predicted octanol–water partition coefficient (Wildman–Crippen LogP) is 2.56. The molecule has 0 aliphatic rings. The van der Waals surface area contributed by atoms with E-state index in [0.29, 0.717) is 6.42 Å². The molecule has 19 heavy (non-hydrogen) atoms. The summed E-state index contributed by atoms with van der Waals surface area (Å²) in [4.78, 5) is 0. The summed E-state index contributed by atoms with van der Waals surface area (Å²) in [5.41, 5.74) is 9.04. The van der Waals surface area contributed by atoms with Gasteiger partial charge in [0.25, 0.3) is 0 Å². The third-order valence-electron chi connectivity index (χ3n) is 3.46. The maximum absolute atomic E-state index is 13.7. The number of aromatic nitrogens is 2. The lowest BCUT2D eigenvalue weighted by Crippen LogP contribution is -2.16. The van der Waals surface area contributed by atoms with Crippen LogP contribution in [0.1, 0.15) is 28.6 Å². The number of aryl methyl sites for hydroxylation is 2. The summed E-state index contributed by atoms with van der Waals surface area (Å²) >= 11 is 0. The van der Waals surface area contributed by atoms with Crippen molar-refractivity contribution in [3.05, 3.63) is 52.3 Å². The average molecular weight is 265 g/mol. The molecular weight excluding hydrogens is 248 g/mol. The highest BCUT2D eigenvalue weighted by atomic mass is 19.2. The Morgan fingerprint density at radius 3 is 2.58 bits per heavy atom. The fourth-order valence-electron chi connectivity index (χ4n) is 2.25. The zero-order valence-corrected chi connectivity index (χ0v) is 11.2. The Kier molecular flexibility index (Phi) is 3.66. The van der Waals surface area contributed by atoms with Gasteiger partial charge >= 0.3 is 0 Å². The van der Waals surface area contributed by atoms with Crippen molar-refractivity contribution in [2.75, 3.05) is 0 Å². The minimum atomic E-state index is -0.868. The van der Waals surface area contributed by atoms with E-state index in [1.54, 1.807) is 4.68 Å². The van der Waals surface area contributed by atoms with Crippen LogP contribution in [-0.4, -0.2) is 9.78 Å². The summed E-state index contributed by atoms with van der Waals surface area (Å²) in [6.45, 7) is 3.82. The SMILES string of the molecule is Cc1nn(C)c(C)c1CC(N)c1cccc(F)c1F. The number of halogens is 2.